The number of likely N-dealkylation sites (N-methyl/N-ethyl adjacent to an activating group) is 1. The molecule has 0 amide bonds. The molecule has 58 heavy (non-hydrogen) atoms. The van der Waals surface area contributed by atoms with Crippen molar-refractivity contribution < 1.29 is 38.2 Å². The molecule has 0 rings (SSSR count). The van der Waals surface area contributed by atoms with Gasteiger partial charge in [0.15, 0.2) is 12.1 Å². The number of ether oxygens (including phenoxy) is 3. The van der Waals surface area contributed by atoms with Crippen LogP contribution in [0.1, 0.15) is 200 Å². The number of hydrogen-bond acceptors (Lipinski definition) is 6. The predicted octanol–water partition coefficient (Wildman–Crippen LogP) is 13.2. The average Bonchev–Trinajstić information content (AvgIpc) is 3.18. The number of carbonyl (C=O) groups is 3. The highest BCUT2D eigenvalue weighted by molar-refractivity contribution is 5.72. The molecular weight excluding hydrogens is 727 g/mol. The first-order valence-corrected chi connectivity index (χ1v) is 23.7. The van der Waals surface area contributed by atoms with Crippen LogP contribution in [-0.4, -0.2) is 80.6 Å². The van der Waals surface area contributed by atoms with E-state index in [-0.39, 0.29) is 36.2 Å². The van der Waals surface area contributed by atoms with Gasteiger partial charge in [-0.25, -0.2) is 4.79 Å². The number of carboxylic acid groups (broad SMARTS) is 1. The Balaban J connectivity index is 4.29. The maximum absolute atomic E-state index is 12.8. The topological polar surface area (TPSA) is 99.1 Å². The van der Waals surface area contributed by atoms with Crippen molar-refractivity contribution in [1.82, 2.24) is 0 Å². The number of allylic oxidation sites excluding steroid dienone is 8. The lowest BCUT2D eigenvalue weighted by Crippen LogP contribution is -2.50. The predicted molar refractivity (Wildman–Crippen MR) is 243 cm³/mol. The SMILES string of the molecule is CC/C=C\C/C=C\C/C=C\C/C=C\CCCCCCCCCCC(=O)OC(COCCC(C(=O)O)[N+](C)(C)C)COC(=O)CCCCCCCCCCCCCCC. The van der Waals surface area contributed by atoms with Crippen LogP contribution in [0.4, 0.5) is 0 Å². The number of nitrogens with zero attached hydrogens (tertiary/aromatic N) is 1. The number of unbranched alkanes of at least 4 members (excludes halogenated alkanes) is 20. The van der Waals surface area contributed by atoms with Gasteiger partial charge in [0, 0.05) is 19.3 Å². The number of rotatable bonds is 42. The molecule has 8 nitrogen and oxygen atoms in total. The molecule has 0 spiro atoms. The molecule has 1 N–H and O–H groups in total. The molecule has 2 atom stereocenters. The summed E-state index contributed by atoms with van der Waals surface area (Å²) in [6, 6.07) is -0.616. The van der Waals surface area contributed by atoms with Crippen LogP contribution in [0.2, 0.25) is 0 Å². The van der Waals surface area contributed by atoms with Crippen LogP contribution in [0.15, 0.2) is 48.6 Å². The van der Waals surface area contributed by atoms with Crippen molar-refractivity contribution in [2.75, 3.05) is 41.0 Å². The Morgan fingerprint density at radius 2 is 0.966 bits per heavy atom. The van der Waals surface area contributed by atoms with Crippen LogP contribution in [0.25, 0.3) is 0 Å². The Labute approximate surface area is 356 Å². The minimum absolute atomic E-state index is 0.0526. The standard InChI is InChI=1S/C50H89NO7/c1-6-8-10-12-14-16-18-20-21-22-23-24-25-26-27-29-31-33-35-37-39-41-49(53)58-46(44-56-43-42-47(50(54)55)51(3,4)5)45-57-48(52)40-38-36-34-32-30-28-19-17-15-13-11-9-7-2/h8,10,14,16,20-21,23-24,46-47H,6-7,9,11-13,15,17-19,22,25-45H2,1-5H3/p+1/b10-8-,16-14-,21-20-,24-23-. The zero-order valence-corrected chi connectivity index (χ0v) is 38.2. The van der Waals surface area contributed by atoms with Crippen molar-refractivity contribution in [2.24, 2.45) is 0 Å². The van der Waals surface area contributed by atoms with Crippen molar-refractivity contribution in [3.05, 3.63) is 48.6 Å². The van der Waals surface area contributed by atoms with Crippen molar-refractivity contribution in [3.8, 4) is 0 Å². The number of hydrogen-bond donors (Lipinski definition) is 1. The molecule has 0 bridgehead atoms. The minimum atomic E-state index is -0.876. The third-order valence-electron chi connectivity index (χ3n) is 10.5. The lowest BCUT2D eigenvalue weighted by atomic mass is 10.0. The first-order valence-electron chi connectivity index (χ1n) is 23.7. The molecule has 0 aliphatic rings. The second kappa shape index (κ2) is 41.0. The Morgan fingerprint density at radius 1 is 0.534 bits per heavy atom. The van der Waals surface area contributed by atoms with Gasteiger partial charge in [-0.3, -0.25) is 9.59 Å². The van der Waals surface area contributed by atoms with Crippen LogP contribution in [0.5, 0.6) is 0 Å². The number of aliphatic carboxylic acids is 1. The summed E-state index contributed by atoms with van der Waals surface area (Å²) in [7, 11) is 5.53. The molecule has 0 aromatic heterocycles. The van der Waals surface area contributed by atoms with E-state index >= 15 is 0 Å². The van der Waals surface area contributed by atoms with Gasteiger partial charge in [-0.15, -0.1) is 0 Å². The fourth-order valence-corrected chi connectivity index (χ4v) is 6.85. The molecule has 8 heteroatoms. The lowest BCUT2D eigenvalue weighted by molar-refractivity contribution is -0.887. The number of carboxylic acids is 1. The molecule has 0 radical (unpaired) electrons. The highest BCUT2D eigenvalue weighted by Gasteiger charge is 2.31. The molecule has 0 aliphatic heterocycles. The Kier molecular flexibility index (Phi) is 39.1. The molecule has 0 aromatic rings. The summed E-state index contributed by atoms with van der Waals surface area (Å²) in [5.74, 6) is -1.47. The minimum Gasteiger partial charge on any atom is -0.477 e. The van der Waals surface area contributed by atoms with Gasteiger partial charge in [0.05, 0.1) is 34.4 Å². The summed E-state index contributed by atoms with van der Waals surface area (Å²) in [6.07, 6.45) is 48.6. The molecule has 336 valence electrons. The summed E-state index contributed by atoms with van der Waals surface area (Å²) in [4.78, 5) is 37.0. The monoisotopic (exact) mass is 817 g/mol. The normalized spacial score (nSPS) is 13.3. The summed E-state index contributed by atoms with van der Waals surface area (Å²) in [5, 5.41) is 9.63. The zero-order chi connectivity index (χ0) is 42.8. The third kappa shape index (κ3) is 38.8. The van der Waals surface area contributed by atoms with E-state index < -0.39 is 18.1 Å². The van der Waals surface area contributed by atoms with Gasteiger partial charge >= 0.3 is 17.9 Å². The number of quaternary nitrogens is 1. The molecule has 0 fully saturated rings. The molecule has 0 heterocycles. The van der Waals surface area contributed by atoms with Crippen molar-refractivity contribution in [1.29, 1.82) is 0 Å². The van der Waals surface area contributed by atoms with E-state index in [1.165, 1.54) is 96.3 Å². The zero-order valence-electron chi connectivity index (χ0n) is 38.2. The average molecular weight is 817 g/mol. The van der Waals surface area contributed by atoms with E-state index in [4.69, 9.17) is 14.2 Å². The number of carbonyl (C=O) groups excluding carboxylic acids is 2. The maximum atomic E-state index is 12.8. The van der Waals surface area contributed by atoms with Gasteiger partial charge in [0.25, 0.3) is 0 Å². The second-order valence-electron chi connectivity index (χ2n) is 17.0. The van der Waals surface area contributed by atoms with E-state index in [1.807, 2.05) is 21.1 Å². The summed E-state index contributed by atoms with van der Waals surface area (Å²) in [6.45, 7) is 4.63. The molecule has 0 saturated carbocycles. The van der Waals surface area contributed by atoms with Crippen LogP contribution >= 0.6 is 0 Å². The first-order chi connectivity index (χ1) is 28.1. The highest BCUT2D eigenvalue weighted by atomic mass is 16.6. The molecule has 0 saturated heterocycles. The van der Waals surface area contributed by atoms with Gasteiger partial charge in [-0.2, -0.15) is 0 Å². The largest absolute Gasteiger partial charge is 0.477 e. The fourth-order valence-electron chi connectivity index (χ4n) is 6.85. The van der Waals surface area contributed by atoms with E-state index in [2.05, 4.69) is 62.5 Å². The van der Waals surface area contributed by atoms with E-state index in [0.717, 1.165) is 70.6 Å². The Bertz CT molecular complexity index is 1090. The van der Waals surface area contributed by atoms with Gasteiger partial charge in [0.2, 0.25) is 0 Å². The van der Waals surface area contributed by atoms with Crippen LogP contribution in [0, 0.1) is 0 Å². The third-order valence-corrected chi connectivity index (χ3v) is 10.5. The maximum Gasteiger partial charge on any atom is 0.362 e. The Morgan fingerprint density at radius 3 is 1.43 bits per heavy atom. The van der Waals surface area contributed by atoms with Gasteiger partial charge in [-0.05, 0) is 51.4 Å². The van der Waals surface area contributed by atoms with Crippen LogP contribution in [-0.2, 0) is 28.6 Å². The van der Waals surface area contributed by atoms with E-state index in [1.54, 1.807) is 0 Å². The summed E-state index contributed by atoms with van der Waals surface area (Å²) >= 11 is 0. The first kappa shape index (κ1) is 55.3. The molecular formula is C50H90NO7+. The quantitative estimate of drug-likeness (QED) is 0.0283. The highest BCUT2D eigenvalue weighted by Crippen LogP contribution is 2.15. The fraction of sp³-hybridized carbons (Fsp3) is 0.780. The molecule has 0 aromatic carbocycles. The number of esters is 2. The van der Waals surface area contributed by atoms with Crippen molar-refractivity contribution in [2.45, 2.75) is 212 Å². The smallest absolute Gasteiger partial charge is 0.362 e. The lowest BCUT2D eigenvalue weighted by Gasteiger charge is -2.31. The summed E-state index contributed by atoms with van der Waals surface area (Å²) < 4.78 is 17.3. The molecule has 0 aliphatic carbocycles. The van der Waals surface area contributed by atoms with Gasteiger partial charge in [0.1, 0.15) is 6.61 Å². The molecule has 2 unspecified atom stereocenters. The second-order valence-corrected chi connectivity index (χ2v) is 17.0. The van der Waals surface area contributed by atoms with E-state index in [9.17, 15) is 19.5 Å². The van der Waals surface area contributed by atoms with Crippen molar-refractivity contribution in [3.63, 3.8) is 0 Å². The Hall–Kier alpha value is -2.71. The van der Waals surface area contributed by atoms with Crippen LogP contribution in [0.3, 0.4) is 0 Å². The van der Waals surface area contributed by atoms with Gasteiger partial charge < -0.3 is 23.8 Å². The van der Waals surface area contributed by atoms with Crippen LogP contribution < -0.4 is 0 Å². The van der Waals surface area contributed by atoms with Crippen molar-refractivity contribution >= 4 is 17.9 Å². The van der Waals surface area contributed by atoms with Gasteiger partial charge in [-0.1, -0.05) is 178 Å². The summed E-state index contributed by atoms with van der Waals surface area (Å²) in [5.41, 5.74) is 0. The van der Waals surface area contributed by atoms with E-state index in [0.29, 0.717) is 19.3 Å².